The lowest BCUT2D eigenvalue weighted by molar-refractivity contribution is 0.0880. The first-order valence-corrected chi connectivity index (χ1v) is 8.25. The highest BCUT2D eigenvalue weighted by Crippen LogP contribution is 2.41. The Kier molecular flexibility index (Phi) is 2.94. The zero-order valence-corrected chi connectivity index (χ0v) is 13.9. The molecule has 4 aromatic rings. The molecule has 0 aliphatic carbocycles. The number of hydrogen-bond donors (Lipinski definition) is 2. The van der Waals surface area contributed by atoms with Crippen molar-refractivity contribution >= 4 is 33.6 Å². The Morgan fingerprint density at radius 2 is 1.54 bits per heavy atom. The summed E-state index contributed by atoms with van der Waals surface area (Å²) in [7, 11) is 1.59. The number of hydrogen-bond acceptors (Lipinski definition) is 3. The molecule has 2 N–H and O–H groups in total. The molecule has 26 heavy (non-hydrogen) atoms. The second-order valence-corrected chi connectivity index (χ2v) is 6.25. The van der Waals surface area contributed by atoms with E-state index in [0.29, 0.717) is 22.4 Å². The van der Waals surface area contributed by atoms with E-state index in [0.717, 1.165) is 27.4 Å². The molecule has 126 valence electrons. The Labute approximate surface area is 148 Å². The molecule has 5 rings (SSSR count). The van der Waals surface area contributed by atoms with Crippen LogP contribution in [0.3, 0.4) is 0 Å². The Morgan fingerprint density at radius 3 is 2.38 bits per heavy atom. The highest BCUT2D eigenvalue weighted by molar-refractivity contribution is 6.32. The number of para-hydroxylation sites is 2. The molecule has 2 heterocycles. The van der Waals surface area contributed by atoms with Crippen molar-refractivity contribution in [2.45, 2.75) is 0 Å². The predicted octanol–water partition coefficient (Wildman–Crippen LogP) is 3.88. The van der Waals surface area contributed by atoms with E-state index in [9.17, 15) is 9.59 Å². The summed E-state index contributed by atoms with van der Waals surface area (Å²) in [5.41, 5.74) is 4.02. The summed E-state index contributed by atoms with van der Waals surface area (Å²) in [6, 6.07) is 17.2. The first kappa shape index (κ1) is 14.7. The Bertz CT molecular complexity index is 1240. The molecule has 0 saturated heterocycles. The smallest absolute Gasteiger partial charge is 0.259 e. The van der Waals surface area contributed by atoms with Gasteiger partial charge in [-0.1, -0.05) is 36.4 Å². The first-order chi connectivity index (χ1) is 12.7. The van der Waals surface area contributed by atoms with Crippen LogP contribution < -0.4 is 10.1 Å². The van der Waals surface area contributed by atoms with Crippen LogP contribution in [0.1, 0.15) is 20.7 Å². The fourth-order valence-electron chi connectivity index (χ4n) is 3.79. The molecule has 0 radical (unpaired) electrons. The maximum absolute atomic E-state index is 12.6. The van der Waals surface area contributed by atoms with E-state index in [1.54, 1.807) is 7.11 Å². The summed E-state index contributed by atoms with van der Waals surface area (Å²) < 4.78 is 5.47. The van der Waals surface area contributed by atoms with Gasteiger partial charge < -0.3 is 9.72 Å². The molecule has 3 aromatic carbocycles. The SMILES string of the molecule is COc1ccccc1-c1cc2[nH]c3ccccc3c2c2c1C(=O)NC2=O. The minimum atomic E-state index is -0.377. The zero-order chi connectivity index (χ0) is 17.8. The van der Waals surface area contributed by atoms with Gasteiger partial charge in [-0.3, -0.25) is 14.9 Å². The summed E-state index contributed by atoms with van der Waals surface area (Å²) in [6.07, 6.45) is 0. The topological polar surface area (TPSA) is 71.2 Å². The van der Waals surface area contributed by atoms with Gasteiger partial charge in [-0.15, -0.1) is 0 Å². The summed E-state index contributed by atoms with van der Waals surface area (Å²) in [6.45, 7) is 0. The van der Waals surface area contributed by atoms with Gasteiger partial charge in [-0.05, 0) is 18.2 Å². The number of ether oxygens (including phenoxy) is 1. The van der Waals surface area contributed by atoms with E-state index < -0.39 is 0 Å². The lowest BCUT2D eigenvalue weighted by Crippen LogP contribution is -2.20. The molecule has 0 bridgehead atoms. The minimum Gasteiger partial charge on any atom is -0.496 e. The van der Waals surface area contributed by atoms with E-state index in [2.05, 4.69) is 10.3 Å². The molecule has 2 amide bonds. The van der Waals surface area contributed by atoms with Crippen molar-refractivity contribution in [3.8, 4) is 16.9 Å². The second-order valence-electron chi connectivity index (χ2n) is 6.25. The average molecular weight is 342 g/mol. The Morgan fingerprint density at radius 1 is 0.808 bits per heavy atom. The number of methoxy groups -OCH3 is 1. The highest BCUT2D eigenvalue weighted by Gasteiger charge is 2.34. The summed E-state index contributed by atoms with van der Waals surface area (Å²) in [5.74, 6) is -0.0908. The standard InChI is InChI=1S/C21H14N2O3/c1-26-16-9-5-3-6-11(16)13-10-15-17(12-7-2-4-8-14(12)22-15)19-18(13)20(24)23-21(19)25/h2-10,22H,1H3,(H,23,24,25). The largest absolute Gasteiger partial charge is 0.496 e. The molecular formula is C21H14N2O3. The van der Waals surface area contributed by atoms with Crippen LogP contribution in [0, 0.1) is 0 Å². The number of amides is 2. The van der Waals surface area contributed by atoms with Gasteiger partial charge in [0.05, 0.1) is 18.2 Å². The van der Waals surface area contributed by atoms with E-state index in [1.165, 1.54) is 0 Å². The number of carbonyl (C=O) groups is 2. The molecule has 1 aliphatic rings. The number of nitrogens with one attached hydrogen (secondary N) is 2. The fraction of sp³-hybridized carbons (Fsp3) is 0.0476. The lowest BCUT2D eigenvalue weighted by atomic mass is 9.92. The van der Waals surface area contributed by atoms with Gasteiger partial charge in [-0.2, -0.15) is 0 Å². The van der Waals surface area contributed by atoms with Crippen molar-refractivity contribution in [2.75, 3.05) is 7.11 Å². The number of aromatic amines is 1. The maximum atomic E-state index is 12.6. The van der Waals surface area contributed by atoms with Crippen LogP contribution in [0.4, 0.5) is 0 Å². The molecule has 5 nitrogen and oxygen atoms in total. The van der Waals surface area contributed by atoms with Crippen LogP contribution >= 0.6 is 0 Å². The van der Waals surface area contributed by atoms with Crippen LogP contribution in [0.15, 0.2) is 54.6 Å². The number of fused-ring (bicyclic) bond motifs is 5. The van der Waals surface area contributed by atoms with Crippen LogP contribution in [-0.4, -0.2) is 23.9 Å². The third-order valence-electron chi connectivity index (χ3n) is 4.87. The van der Waals surface area contributed by atoms with Crippen molar-refractivity contribution < 1.29 is 14.3 Å². The van der Waals surface area contributed by atoms with Gasteiger partial charge in [0.25, 0.3) is 11.8 Å². The van der Waals surface area contributed by atoms with Crippen LogP contribution in [0.2, 0.25) is 0 Å². The summed E-state index contributed by atoms with van der Waals surface area (Å²) in [4.78, 5) is 28.5. The molecule has 0 saturated carbocycles. The molecule has 0 spiro atoms. The quantitative estimate of drug-likeness (QED) is 0.543. The van der Waals surface area contributed by atoms with Crippen molar-refractivity contribution in [2.24, 2.45) is 0 Å². The third kappa shape index (κ3) is 1.85. The van der Waals surface area contributed by atoms with Gasteiger partial charge >= 0.3 is 0 Å². The lowest BCUT2D eigenvalue weighted by Gasteiger charge is -2.12. The van der Waals surface area contributed by atoms with Crippen molar-refractivity contribution in [3.63, 3.8) is 0 Å². The van der Waals surface area contributed by atoms with Crippen LogP contribution in [-0.2, 0) is 0 Å². The Hall–Kier alpha value is -3.60. The van der Waals surface area contributed by atoms with E-state index in [1.807, 2.05) is 54.6 Å². The maximum Gasteiger partial charge on any atom is 0.259 e. The van der Waals surface area contributed by atoms with E-state index >= 15 is 0 Å². The Balaban J connectivity index is 1.98. The molecule has 1 aromatic heterocycles. The second kappa shape index (κ2) is 5.20. The van der Waals surface area contributed by atoms with Gasteiger partial charge in [0, 0.05) is 32.9 Å². The summed E-state index contributed by atoms with van der Waals surface area (Å²) >= 11 is 0. The monoisotopic (exact) mass is 342 g/mol. The normalized spacial score (nSPS) is 13.3. The van der Waals surface area contributed by atoms with Crippen molar-refractivity contribution in [3.05, 3.63) is 65.7 Å². The van der Waals surface area contributed by atoms with Crippen LogP contribution in [0.5, 0.6) is 5.75 Å². The highest BCUT2D eigenvalue weighted by atomic mass is 16.5. The van der Waals surface area contributed by atoms with Gasteiger partial charge in [0.15, 0.2) is 0 Å². The number of rotatable bonds is 2. The van der Waals surface area contributed by atoms with Gasteiger partial charge in [0.1, 0.15) is 5.75 Å². The molecule has 5 heteroatoms. The number of H-pyrrole nitrogens is 1. The fourth-order valence-corrected chi connectivity index (χ4v) is 3.79. The first-order valence-electron chi connectivity index (χ1n) is 8.25. The average Bonchev–Trinajstić information content (AvgIpc) is 3.18. The number of aromatic nitrogens is 1. The number of benzene rings is 3. The molecule has 0 fully saturated rings. The van der Waals surface area contributed by atoms with Gasteiger partial charge in [0.2, 0.25) is 0 Å². The van der Waals surface area contributed by atoms with E-state index in [-0.39, 0.29) is 11.8 Å². The molecule has 1 aliphatic heterocycles. The van der Waals surface area contributed by atoms with E-state index in [4.69, 9.17) is 4.74 Å². The number of imide groups is 1. The minimum absolute atomic E-state index is 0.364. The molecule has 0 unspecified atom stereocenters. The van der Waals surface area contributed by atoms with Crippen LogP contribution in [0.25, 0.3) is 32.9 Å². The summed E-state index contributed by atoms with van der Waals surface area (Å²) in [5, 5.41) is 4.15. The third-order valence-corrected chi connectivity index (χ3v) is 4.87. The molecular weight excluding hydrogens is 328 g/mol. The van der Waals surface area contributed by atoms with Crippen molar-refractivity contribution in [1.82, 2.24) is 10.3 Å². The number of carbonyl (C=O) groups excluding carboxylic acids is 2. The predicted molar refractivity (Wildman–Crippen MR) is 99.6 cm³/mol. The zero-order valence-electron chi connectivity index (χ0n) is 13.9. The van der Waals surface area contributed by atoms with Gasteiger partial charge in [-0.25, -0.2) is 0 Å². The van der Waals surface area contributed by atoms with Crippen molar-refractivity contribution in [1.29, 1.82) is 0 Å². The molecule has 0 atom stereocenters.